The first-order chi connectivity index (χ1) is 9.88. The predicted octanol–water partition coefficient (Wildman–Crippen LogP) is 4.35. The van der Waals surface area contributed by atoms with Crippen molar-refractivity contribution in [1.82, 2.24) is 0 Å². The van der Waals surface area contributed by atoms with Crippen molar-refractivity contribution in [1.29, 1.82) is 0 Å². The lowest BCUT2D eigenvalue weighted by atomic mass is 10.1. The van der Waals surface area contributed by atoms with E-state index in [4.69, 9.17) is 11.6 Å². The van der Waals surface area contributed by atoms with Crippen molar-refractivity contribution >= 4 is 28.7 Å². The van der Waals surface area contributed by atoms with Gasteiger partial charge in [-0.2, -0.15) is 0 Å². The largest absolute Gasteiger partial charge is 0.507 e. The van der Waals surface area contributed by atoms with E-state index in [1.165, 1.54) is 18.2 Å². The number of aryl methyl sites for hydroxylation is 1. The van der Waals surface area contributed by atoms with Gasteiger partial charge in [-0.15, -0.1) is 0 Å². The van der Waals surface area contributed by atoms with Gasteiger partial charge < -0.3 is 10.4 Å². The number of halogens is 1. The highest BCUT2D eigenvalue weighted by molar-refractivity contribution is 6.33. The van der Waals surface area contributed by atoms with Crippen molar-refractivity contribution in [3.63, 3.8) is 0 Å². The van der Waals surface area contributed by atoms with Crippen molar-refractivity contribution in [2.45, 2.75) is 6.92 Å². The fourth-order valence-corrected chi connectivity index (χ4v) is 2.01. The molecule has 0 amide bonds. The summed E-state index contributed by atoms with van der Waals surface area (Å²) in [5.41, 5.74) is 2.15. The Kier molecular flexibility index (Phi) is 4.14. The number of non-ortho nitro benzene ring substituents is 1. The first-order valence-corrected chi connectivity index (χ1v) is 6.46. The molecular weight excluding hydrogens is 292 g/mol. The lowest BCUT2D eigenvalue weighted by Crippen LogP contribution is -2.00. The highest BCUT2D eigenvalue weighted by atomic mass is 35.5. The van der Waals surface area contributed by atoms with Crippen LogP contribution in [0.2, 0.25) is 5.02 Å². The predicted molar refractivity (Wildman–Crippen MR) is 83.6 cm³/mol. The zero-order valence-electron chi connectivity index (χ0n) is 11.3. The number of nitro benzene ring substituents is 1. The zero-order chi connectivity index (χ0) is 15.6. The van der Waals surface area contributed by atoms with Crippen molar-refractivity contribution in [2.24, 2.45) is 0 Å². The number of hydrogen-bond donors (Lipinski definition) is 2. The van der Waals surface area contributed by atoms with Gasteiger partial charge in [0.05, 0.1) is 15.6 Å². The molecule has 6 heteroatoms. The first kappa shape index (κ1) is 14.9. The molecule has 0 saturated heterocycles. The van der Waals surface area contributed by atoms with Gasteiger partial charge in [-0.25, -0.2) is 0 Å². The molecule has 2 N–H and O–H groups in total. The second-order valence-electron chi connectivity index (χ2n) is 4.55. The van der Waals surface area contributed by atoms with E-state index in [1.807, 2.05) is 6.92 Å². The average molecular weight is 305 g/mol. The number of aromatic hydroxyl groups is 1. The van der Waals surface area contributed by atoms with Gasteiger partial charge in [0.25, 0.3) is 5.69 Å². The second kappa shape index (κ2) is 5.85. The lowest BCUT2D eigenvalue weighted by Gasteiger charge is -2.13. The number of nitrogens with one attached hydrogen (secondary N) is 1. The van der Waals surface area contributed by atoms with Crippen LogP contribution in [0.4, 0.5) is 11.4 Å². The minimum absolute atomic E-state index is 0.0691. The Morgan fingerprint density at radius 1 is 1.33 bits per heavy atom. The van der Waals surface area contributed by atoms with Gasteiger partial charge in [0.2, 0.25) is 0 Å². The Morgan fingerprint density at radius 3 is 2.71 bits per heavy atom. The van der Waals surface area contributed by atoms with Crippen LogP contribution in [0.5, 0.6) is 5.75 Å². The third-order valence-electron chi connectivity index (χ3n) is 2.92. The molecule has 0 aliphatic carbocycles. The summed E-state index contributed by atoms with van der Waals surface area (Å²) in [6.45, 7) is 5.72. The van der Waals surface area contributed by atoms with Crippen LogP contribution in [0.25, 0.3) is 5.70 Å². The van der Waals surface area contributed by atoms with Crippen LogP contribution in [0.15, 0.2) is 43.0 Å². The smallest absolute Gasteiger partial charge is 0.271 e. The normalized spacial score (nSPS) is 10.2. The molecule has 5 nitrogen and oxygen atoms in total. The molecule has 0 aromatic heterocycles. The van der Waals surface area contributed by atoms with E-state index in [1.54, 1.807) is 18.2 Å². The van der Waals surface area contributed by atoms with E-state index < -0.39 is 4.92 Å². The fourth-order valence-electron chi connectivity index (χ4n) is 1.84. The summed E-state index contributed by atoms with van der Waals surface area (Å²) in [5, 5.41) is 23.9. The van der Waals surface area contributed by atoms with Gasteiger partial charge >= 0.3 is 0 Å². The molecule has 0 radical (unpaired) electrons. The fraction of sp³-hybridized carbons (Fsp3) is 0.0667. The SMILES string of the molecule is C=C(Nc1cc([N+](=O)[O-])ccc1Cl)c1cc(C)ccc1O. The second-order valence-corrected chi connectivity index (χ2v) is 4.95. The van der Waals surface area contributed by atoms with Crippen LogP contribution in [0, 0.1) is 17.0 Å². The average Bonchev–Trinajstić information content (AvgIpc) is 2.43. The van der Waals surface area contributed by atoms with Crippen molar-refractivity contribution < 1.29 is 10.0 Å². The third kappa shape index (κ3) is 3.32. The number of nitrogens with zero attached hydrogens (tertiary/aromatic N) is 1. The Balaban J connectivity index is 2.33. The number of phenols is 1. The van der Waals surface area contributed by atoms with Gasteiger partial charge in [-0.1, -0.05) is 29.8 Å². The van der Waals surface area contributed by atoms with Crippen molar-refractivity contribution in [3.05, 3.63) is 69.2 Å². The standard InChI is InChI=1S/C15H13ClN2O3/c1-9-3-6-15(19)12(7-9)10(2)17-14-8-11(18(20)21)4-5-13(14)16/h3-8,17,19H,2H2,1H3. The minimum atomic E-state index is -0.506. The Morgan fingerprint density at radius 2 is 2.05 bits per heavy atom. The topological polar surface area (TPSA) is 75.4 Å². The molecule has 21 heavy (non-hydrogen) atoms. The van der Waals surface area contributed by atoms with E-state index in [2.05, 4.69) is 11.9 Å². The maximum Gasteiger partial charge on any atom is 0.271 e. The third-order valence-corrected chi connectivity index (χ3v) is 3.25. The molecular formula is C15H13ClN2O3. The molecule has 0 heterocycles. The Hall–Kier alpha value is -2.53. The summed E-state index contributed by atoms with van der Waals surface area (Å²) in [7, 11) is 0. The number of hydrogen-bond acceptors (Lipinski definition) is 4. The summed E-state index contributed by atoms with van der Waals surface area (Å²) >= 11 is 6.01. The lowest BCUT2D eigenvalue weighted by molar-refractivity contribution is -0.384. The quantitative estimate of drug-likeness (QED) is 0.650. The van der Waals surface area contributed by atoms with Gasteiger partial charge in [-0.05, 0) is 25.1 Å². The number of phenolic OH excluding ortho intramolecular Hbond substituents is 1. The summed E-state index contributed by atoms with van der Waals surface area (Å²) in [6, 6.07) is 9.17. The van der Waals surface area contributed by atoms with E-state index >= 15 is 0 Å². The van der Waals surface area contributed by atoms with E-state index in [9.17, 15) is 15.2 Å². The summed E-state index contributed by atoms with van der Waals surface area (Å²) in [5.74, 6) is 0.0691. The molecule has 0 fully saturated rings. The summed E-state index contributed by atoms with van der Waals surface area (Å²) < 4.78 is 0. The van der Waals surface area contributed by atoms with Gasteiger partial charge in [0.1, 0.15) is 5.75 Å². The minimum Gasteiger partial charge on any atom is -0.507 e. The highest BCUT2D eigenvalue weighted by Gasteiger charge is 2.12. The van der Waals surface area contributed by atoms with Crippen LogP contribution < -0.4 is 5.32 Å². The Bertz CT molecular complexity index is 729. The maximum atomic E-state index is 10.8. The Labute approximate surface area is 126 Å². The summed E-state index contributed by atoms with van der Waals surface area (Å²) in [4.78, 5) is 10.3. The molecule has 0 unspecified atom stereocenters. The molecule has 2 aromatic carbocycles. The van der Waals surface area contributed by atoms with Gasteiger partial charge in [0, 0.05) is 23.4 Å². The highest BCUT2D eigenvalue weighted by Crippen LogP contribution is 2.31. The molecule has 0 saturated carbocycles. The van der Waals surface area contributed by atoms with Gasteiger partial charge in [0.15, 0.2) is 0 Å². The molecule has 0 atom stereocenters. The maximum absolute atomic E-state index is 10.8. The van der Waals surface area contributed by atoms with Crippen LogP contribution in [0.3, 0.4) is 0 Å². The van der Waals surface area contributed by atoms with E-state index in [-0.39, 0.29) is 11.4 Å². The number of anilines is 1. The van der Waals surface area contributed by atoms with Crippen LogP contribution in [-0.4, -0.2) is 10.0 Å². The number of nitro groups is 1. The van der Waals surface area contributed by atoms with Crippen LogP contribution >= 0.6 is 11.6 Å². The summed E-state index contributed by atoms with van der Waals surface area (Å²) in [6.07, 6.45) is 0. The molecule has 0 aliphatic rings. The van der Waals surface area contributed by atoms with Gasteiger partial charge in [-0.3, -0.25) is 10.1 Å². The zero-order valence-corrected chi connectivity index (χ0v) is 12.0. The first-order valence-electron chi connectivity index (χ1n) is 6.08. The molecule has 0 spiro atoms. The van der Waals surface area contributed by atoms with E-state index in [0.717, 1.165) is 5.56 Å². The van der Waals surface area contributed by atoms with Crippen LogP contribution in [0.1, 0.15) is 11.1 Å². The molecule has 2 rings (SSSR count). The molecule has 108 valence electrons. The number of rotatable bonds is 4. The van der Waals surface area contributed by atoms with Crippen molar-refractivity contribution in [3.8, 4) is 5.75 Å². The van der Waals surface area contributed by atoms with E-state index in [0.29, 0.717) is 22.0 Å². The molecule has 2 aromatic rings. The monoisotopic (exact) mass is 304 g/mol. The number of benzene rings is 2. The van der Waals surface area contributed by atoms with Crippen molar-refractivity contribution in [2.75, 3.05) is 5.32 Å². The van der Waals surface area contributed by atoms with Crippen LogP contribution in [-0.2, 0) is 0 Å². The molecule has 0 bridgehead atoms. The molecule has 0 aliphatic heterocycles.